The maximum absolute atomic E-state index is 13.0. The van der Waals surface area contributed by atoms with E-state index in [-0.39, 0.29) is 11.8 Å². The summed E-state index contributed by atoms with van der Waals surface area (Å²) in [6, 6.07) is 11.6. The molecule has 7 heteroatoms. The third-order valence-electron chi connectivity index (χ3n) is 5.51. The molecule has 1 unspecified atom stereocenters. The van der Waals surface area contributed by atoms with E-state index in [1.807, 2.05) is 12.1 Å². The Morgan fingerprint density at radius 3 is 2.43 bits per heavy atom. The van der Waals surface area contributed by atoms with E-state index in [0.717, 1.165) is 30.7 Å². The van der Waals surface area contributed by atoms with Crippen molar-refractivity contribution >= 4 is 11.8 Å². The Labute approximate surface area is 174 Å². The van der Waals surface area contributed by atoms with E-state index in [4.69, 9.17) is 0 Å². The predicted molar refractivity (Wildman–Crippen MR) is 108 cm³/mol. The number of halogens is 3. The molecule has 160 valence electrons. The SMILES string of the molecule is CCN(C(=O)c1ccc(CN2CCCC2=O)cc1)C(C)c1cccc(C(F)(F)F)c1. The number of carbonyl (C=O) groups is 2. The summed E-state index contributed by atoms with van der Waals surface area (Å²) in [5, 5.41) is 0. The van der Waals surface area contributed by atoms with E-state index >= 15 is 0 Å². The van der Waals surface area contributed by atoms with E-state index in [9.17, 15) is 22.8 Å². The molecule has 1 saturated heterocycles. The number of carbonyl (C=O) groups excluding carboxylic acids is 2. The zero-order valence-electron chi connectivity index (χ0n) is 17.1. The number of nitrogens with zero attached hydrogens (tertiary/aromatic N) is 2. The Balaban J connectivity index is 1.74. The second-order valence-electron chi connectivity index (χ2n) is 7.51. The van der Waals surface area contributed by atoms with Gasteiger partial charge in [-0.15, -0.1) is 0 Å². The molecule has 2 aromatic carbocycles. The first-order valence-corrected chi connectivity index (χ1v) is 10.1. The zero-order chi connectivity index (χ0) is 21.9. The molecule has 1 heterocycles. The number of hydrogen-bond donors (Lipinski definition) is 0. The second kappa shape index (κ2) is 8.90. The summed E-state index contributed by atoms with van der Waals surface area (Å²) in [7, 11) is 0. The van der Waals surface area contributed by atoms with Crippen molar-refractivity contribution in [1.29, 1.82) is 0 Å². The Bertz CT molecular complexity index is 909. The number of rotatable bonds is 6. The van der Waals surface area contributed by atoms with Gasteiger partial charge in [0, 0.05) is 31.6 Å². The lowest BCUT2D eigenvalue weighted by atomic mass is 10.0. The fourth-order valence-electron chi connectivity index (χ4n) is 3.76. The van der Waals surface area contributed by atoms with Crippen LogP contribution in [0, 0.1) is 0 Å². The van der Waals surface area contributed by atoms with Crippen LogP contribution >= 0.6 is 0 Å². The molecular formula is C23H25F3N2O2. The predicted octanol–water partition coefficient (Wildman–Crippen LogP) is 5.05. The van der Waals surface area contributed by atoms with Crippen LogP contribution in [0.1, 0.15) is 59.8 Å². The summed E-state index contributed by atoms with van der Waals surface area (Å²) in [4.78, 5) is 28.1. The Morgan fingerprint density at radius 2 is 1.87 bits per heavy atom. The minimum absolute atomic E-state index is 0.141. The van der Waals surface area contributed by atoms with Crippen LogP contribution in [-0.4, -0.2) is 34.7 Å². The molecule has 1 aliphatic rings. The fraction of sp³-hybridized carbons (Fsp3) is 0.391. The van der Waals surface area contributed by atoms with Gasteiger partial charge < -0.3 is 9.80 Å². The number of alkyl halides is 3. The highest BCUT2D eigenvalue weighted by atomic mass is 19.4. The first kappa shape index (κ1) is 21.9. The Morgan fingerprint density at radius 1 is 1.17 bits per heavy atom. The van der Waals surface area contributed by atoms with Gasteiger partial charge in [-0.3, -0.25) is 9.59 Å². The van der Waals surface area contributed by atoms with Crippen LogP contribution in [0.3, 0.4) is 0 Å². The first-order valence-electron chi connectivity index (χ1n) is 10.1. The van der Waals surface area contributed by atoms with Gasteiger partial charge in [0.1, 0.15) is 0 Å². The minimum atomic E-state index is -4.43. The van der Waals surface area contributed by atoms with E-state index in [0.29, 0.717) is 30.6 Å². The number of benzene rings is 2. The maximum atomic E-state index is 13.0. The topological polar surface area (TPSA) is 40.6 Å². The lowest BCUT2D eigenvalue weighted by molar-refractivity contribution is -0.137. The van der Waals surface area contributed by atoms with Gasteiger partial charge in [-0.1, -0.05) is 24.3 Å². The molecule has 0 aliphatic carbocycles. The smallest absolute Gasteiger partial charge is 0.338 e. The first-order chi connectivity index (χ1) is 14.2. The fourth-order valence-corrected chi connectivity index (χ4v) is 3.76. The van der Waals surface area contributed by atoms with Crippen LogP contribution in [0.5, 0.6) is 0 Å². The van der Waals surface area contributed by atoms with Gasteiger partial charge in [-0.05, 0) is 55.7 Å². The van der Waals surface area contributed by atoms with Crippen molar-refractivity contribution in [2.24, 2.45) is 0 Å². The van der Waals surface area contributed by atoms with Crippen molar-refractivity contribution in [3.8, 4) is 0 Å². The van der Waals surface area contributed by atoms with Crippen molar-refractivity contribution in [2.45, 2.75) is 45.5 Å². The standard InChI is InChI=1S/C23H25F3N2O2/c1-3-28(16(2)19-6-4-7-20(14-19)23(24,25)26)22(30)18-11-9-17(10-12-18)15-27-13-5-8-21(27)29/h4,6-7,9-12,14,16H,3,5,8,13,15H2,1-2H3. The molecule has 2 aromatic rings. The molecule has 30 heavy (non-hydrogen) atoms. The number of amides is 2. The molecular weight excluding hydrogens is 393 g/mol. The Kier molecular flexibility index (Phi) is 6.48. The monoisotopic (exact) mass is 418 g/mol. The van der Waals surface area contributed by atoms with Crippen LogP contribution in [0.2, 0.25) is 0 Å². The zero-order valence-corrected chi connectivity index (χ0v) is 17.1. The van der Waals surface area contributed by atoms with Crippen molar-refractivity contribution in [3.05, 3.63) is 70.8 Å². The molecule has 0 bridgehead atoms. The summed E-state index contributed by atoms with van der Waals surface area (Å²) in [5.74, 6) is -0.103. The molecule has 0 saturated carbocycles. The molecule has 4 nitrogen and oxygen atoms in total. The summed E-state index contributed by atoms with van der Waals surface area (Å²) in [5.41, 5.74) is 1.11. The van der Waals surface area contributed by atoms with E-state index in [1.54, 1.807) is 41.8 Å². The molecule has 0 radical (unpaired) electrons. The highest BCUT2D eigenvalue weighted by molar-refractivity contribution is 5.94. The van der Waals surface area contributed by atoms with Crippen LogP contribution in [0.15, 0.2) is 48.5 Å². The third-order valence-corrected chi connectivity index (χ3v) is 5.51. The molecule has 0 aromatic heterocycles. The van der Waals surface area contributed by atoms with Crippen molar-refractivity contribution in [2.75, 3.05) is 13.1 Å². The Hall–Kier alpha value is -2.83. The van der Waals surface area contributed by atoms with E-state index in [2.05, 4.69) is 0 Å². The molecule has 3 rings (SSSR count). The summed E-state index contributed by atoms with van der Waals surface area (Å²) in [6.45, 7) is 5.16. The average Bonchev–Trinajstić information content (AvgIpc) is 3.13. The van der Waals surface area contributed by atoms with Crippen LogP contribution in [0.4, 0.5) is 13.2 Å². The molecule has 0 N–H and O–H groups in total. The van der Waals surface area contributed by atoms with Gasteiger partial charge in [0.05, 0.1) is 11.6 Å². The second-order valence-corrected chi connectivity index (χ2v) is 7.51. The quantitative estimate of drug-likeness (QED) is 0.659. The van der Waals surface area contributed by atoms with Crippen LogP contribution < -0.4 is 0 Å². The molecule has 1 fully saturated rings. The van der Waals surface area contributed by atoms with Crippen molar-refractivity contribution in [3.63, 3.8) is 0 Å². The molecule has 1 atom stereocenters. The lowest BCUT2D eigenvalue weighted by Crippen LogP contribution is -2.33. The third kappa shape index (κ3) is 4.83. The van der Waals surface area contributed by atoms with Crippen LogP contribution in [-0.2, 0) is 17.5 Å². The summed E-state index contributed by atoms with van der Waals surface area (Å²) in [6.07, 6.45) is -2.98. The minimum Gasteiger partial charge on any atom is -0.338 e. The van der Waals surface area contributed by atoms with Crippen molar-refractivity contribution < 1.29 is 22.8 Å². The highest BCUT2D eigenvalue weighted by Gasteiger charge is 2.31. The van der Waals surface area contributed by atoms with Gasteiger partial charge in [-0.25, -0.2) is 0 Å². The normalized spacial score (nSPS) is 15.4. The van der Waals surface area contributed by atoms with Gasteiger partial charge in [0.15, 0.2) is 0 Å². The van der Waals surface area contributed by atoms with Gasteiger partial charge >= 0.3 is 6.18 Å². The number of likely N-dealkylation sites (tertiary alicyclic amines) is 1. The van der Waals surface area contributed by atoms with Crippen molar-refractivity contribution in [1.82, 2.24) is 9.80 Å². The molecule has 1 aliphatic heterocycles. The van der Waals surface area contributed by atoms with Crippen LogP contribution in [0.25, 0.3) is 0 Å². The average molecular weight is 418 g/mol. The van der Waals surface area contributed by atoms with Gasteiger partial charge in [0.25, 0.3) is 5.91 Å². The highest BCUT2D eigenvalue weighted by Crippen LogP contribution is 2.32. The van der Waals surface area contributed by atoms with E-state index in [1.165, 1.54) is 6.07 Å². The largest absolute Gasteiger partial charge is 0.416 e. The van der Waals surface area contributed by atoms with Gasteiger partial charge in [0.2, 0.25) is 5.91 Å². The maximum Gasteiger partial charge on any atom is 0.416 e. The molecule has 2 amide bonds. The molecule has 0 spiro atoms. The number of hydrogen-bond acceptors (Lipinski definition) is 2. The van der Waals surface area contributed by atoms with Gasteiger partial charge in [-0.2, -0.15) is 13.2 Å². The lowest BCUT2D eigenvalue weighted by Gasteiger charge is -2.29. The summed E-state index contributed by atoms with van der Waals surface area (Å²) >= 11 is 0. The summed E-state index contributed by atoms with van der Waals surface area (Å²) < 4.78 is 39.1. The van der Waals surface area contributed by atoms with E-state index < -0.39 is 17.8 Å².